The summed E-state index contributed by atoms with van der Waals surface area (Å²) in [5, 5.41) is 3.10. The number of rotatable bonds is 6. The van der Waals surface area contributed by atoms with E-state index >= 15 is 0 Å². The first-order chi connectivity index (χ1) is 8.76. The summed E-state index contributed by atoms with van der Waals surface area (Å²) in [5.41, 5.74) is 6.79. The maximum Gasteiger partial charge on any atom is 0.240 e. The molecule has 0 spiro atoms. The van der Waals surface area contributed by atoms with Gasteiger partial charge in [0, 0.05) is 28.9 Å². The predicted octanol–water partition coefficient (Wildman–Crippen LogP) is 0.356. The van der Waals surface area contributed by atoms with E-state index in [4.69, 9.17) is 5.73 Å². The molecule has 2 atom stereocenters. The van der Waals surface area contributed by atoms with Gasteiger partial charge in [-0.05, 0) is 32.2 Å². The zero-order valence-corrected chi connectivity index (χ0v) is 12.8. The molecule has 0 amide bonds. The summed E-state index contributed by atoms with van der Waals surface area (Å²) in [7, 11) is -3.05. The van der Waals surface area contributed by atoms with Crippen LogP contribution >= 0.6 is 0 Å². The lowest BCUT2D eigenvalue weighted by Gasteiger charge is -2.16. The maximum absolute atomic E-state index is 11.6. The number of nitrogens with one attached hydrogen (secondary N) is 2. The van der Waals surface area contributed by atoms with Crippen LogP contribution < -0.4 is 15.8 Å². The van der Waals surface area contributed by atoms with E-state index in [1.54, 1.807) is 12.3 Å². The summed E-state index contributed by atoms with van der Waals surface area (Å²) in [6.45, 7) is 1.89. The Bertz CT molecular complexity index is 573. The van der Waals surface area contributed by atoms with Crippen LogP contribution in [0.1, 0.15) is 6.92 Å². The first-order valence-corrected chi connectivity index (χ1v) is 8.87. The molecule has 0 saturated heterocycles. The van der Waals surface area contributed by atoms with Crippen molar-refractivity contribution >= 4 is 32.2 Å². The Morgan fingerprint density at radius 3 is 2.53 bits per heavy atom. The van der Waals surface area contributed by atoms with Crippen LogP contribution in [0.25, 0.3) is 0 Å². The minimum atomic E-state index is -3.49. The maximum atomic E-state index is 11.6. The fourth-order valence-electron chi connectivity index (χ4n) is 1.62. The fraction of sp³-hybridized carbons (Fsp3) is 0.455. The summed E-state index contributed by atoms with van der Waals surface area (Å²) in [4.78, 5) is 0.116. The van der Waals surface area contributed by atoms with Crippen LogP contribution in [0, 0.1) is 0 Å². The quantitative estimate of drug-likeness (QED) is 0.659. The number of benzene rings is 1. The molecular weight excluding hydrogens is 286 g/mol. The minimum absolute atomic E-state index is 0.0140. The monoisotopic (exact) mass is 305 g/mol. The molecule has 0 heterocycles. The fourth-order valence-corrected chi connectivity index (χ4v) is 3.17. The van der Waals surface area contributed by atoms with Crippen molar-refractivity contribution in [3.63, 3.8) is 0 Å². The second kappa shape index (κ2) is 6.36. The number of hydrogen-bond donors (Lipinski definition) is 3. The largest absolute Gasteiger partial charge is 0.397 e. The van der Waals surface area contributed by atoms with Crippen molar-refractivity contribution < 1.29 is 12.6 Å². The van der Waals surface area contributed by atoms with Gasteiger partial charge in [-0.1, -0.05) is 0 Å². The zero-order valence-electron chi connectivity index (χ0n) is 11.1. The summed E-state index contributed by atoms with van der Waals surface area (Å²) in [6.07, 6.45) is 1.63. The molecule has 0 aliphatic heterocycles. The average Bonchev–Trinajstić information content (AvgIpc) is 2.30. The molecule has 0 saturated carbocycles. The highest BCUT2D eigenvalue weighted by Gasteiger charge is 2.14. The van der Waals surface area contributed by atoms with Crippen LogP contribution in [-0.2, 0) is 20.8 Å². The Morgan fingerprint density at radius 2 is 2.05 bits per heavy atom. The Balaban J connectivity index is 2.92. The van der Waals surface area contributed by atoms with Crippen LogP contribution in [0.2, 0.25) is 0 Å². The van der Waals surface area contributed by atoms with Crippen molar-refractivity contribution in [2.45, 2.75) is 17.9 Å². The number of nitrogen functional groups attached to an aromatic ring is 1. The van der Waals surface area contributed by atoms with Gasteiger partial charge in [-0.25, -0.2) is 13.1 Å². The molecule has 0 aromatic heterocycles. The third kappa shape index (κ3) is 4.48. The van der Waals surface area contributed by atoms with E-state index in [0.717, 1.165) is 0 Å². The normalized spacial score (nSPS) is 14.9. The second-order valence-electron chi connectivity index (χ2n) is 4.24. The third-order valence-electron chi connectivity index (χ3n) is 2.49. The Labute approximate surface area is 116 Å². The molecule has 0 radical (unpaired) electrons. The lowest BCUT2D eigenvalue weighted by Crippen LogP contribution is -2.23. The Kier molecular flexibility index (Phi) is 5.33. The summed E-state index contributed by atoms with van der Waals surface area (Å²) < 4.78 is 36.5. The highest BCUT2D eigenvalue weighted by Crippen LogP contribution is 2.23. The van der Waals surface area contributed by atoms with E-state index < -0.39 is 20.8 Å². The van der Waals surface area contributed by atoms with Gasteiger partial charge in [-0.3, -0.25) is 4.21 Å². The first kappa shape index (κ1) is 15.9. The lowest BCUT2D eigenvalue weighted by molar-refractivity contribution is 0.588. The topological polar surface area (TPSA) is 101 Å². The van der Waals surface area contributed by atoms with Gasteiger partial charge < -0.3 is 11.1 Å². The van der Waals surface area contributed by atoms with Gasteiger partial charge in [0.1, 0.15) is 0 Å². The smallest absolute Gasteiger partial charge is 0.240 e. The van der Waals surface area contributed by atoms with Crippen LogP contribution in [-0.4, -0.2) is 37.7 Å². The number of nitrogens with two attached hydrogens (primary N) is 1. The highest BCUT2D eigenvalue weighted by atomic mass is 32.2. The Morgan fingerprint density at radius 1 is 1.42 bits per heavy atom. The molecule has 6 nitrogen and oxygen atoms in total. The number of anilines is 2. The first-order valence-electron chi connectivity index (χ1n) is 5.66. The van der Waals surface area contributed by atoms with Crippen molar-refractivity contribution in [1.82, 2.24) is 4.72 Å². The summed E-state index contributed by atoms with van der Waals surface area (Å²) in [6, 6.07) is 4.46. The second-order valence-corrected chi connectivity index (χ2v) is 7.61. The van der Waals surface area contributed by atoms with Crippen molar-refractivity contribution in [2.24, 2.45) is 0 Å². The van der Waals surface area contributed by atoms with E-state index in [1.807, 2.05) is 6.92 Å². The van der Waals surface area contributed by atoms with Gasteiger partial charge in [0.05, 0.1) is 16.3 Å². The average molecular weight is 305 g/mol. The van der Waals surface area contributed by atoms with Crippen LogP contribution in [0.4, 0.5) is 11.4 Å². The Hall–Kier alpha value is -1.12. The van der Waals surface area contributed by atoms with Crippen LogP contribution in [0.3, 0.4) is 0 Å². The van der Waals surface area contributed by atoms with Gasteiger partial charge in [-0.15, -0.1) is 0 Å². The minimum Gasteiger partial charge on any atom is -0.397 e. The van der Waals surface area contributed by atoms with Gasteiger partial charge in [0.25, 0.3) is 0 Å². The van der Waals surface area contributed by atoms with Crippen molar-refractivity contribution in [3.8, 4) is 0 Å². The molecule has 1 aromatic rings. The van der Waals surface area contributed by atoms with E-state index in [0.29, 0.717) is 17.1 Å². The standard InChI is InChI=1S/C11H19N3O3S2/c1-8(7-18(3)15)14-11-5-4-9(6-10(11)12)19(16,17)13-2/h4-6,8,13-14H,7,12H2,1-3H3. The number of sulfonamides is 1. The molecule has 2 unspecified atom stereocenters. The molecule has 4 N–H and O–H groups in total. The van der Waals surface area contributed by atoms with Crippen molar-refractivity contribution in [2.75, 3.05) is 30.1 Å². The molecule has 0 bridgehead atoms. The van der Waals surface area contributed by atoms with Crippen LogP contribution in [0.15, 0.2) is 23.1 Å². The molecule has 108 valence electrons. The molecule has 8 heteroatoms. The van der Waals surface area contributed by atoms with Gasteiger partial charge in [-0.2, -0.15) is 0 Å². The van der Waals surface area contributed by atoms with Crippen LogP contribution in [0.5, 0.6) is 0 Å². The van der Waals surface area contributed by atoms with E-state index in [2.05, 4.69) is 10.0 Å². The molecule has 0 aliphatic carbocycles. The SMILES string of the molecule is CNS(=O)(=O)c1ccc(NC(C)CS(C)=O)c(N)c1. The highest BCUT2D eigenvalue weighted by molar-refractivity contribution is 7.89. The third-order valence-corrected chi connectivity index (χ3v) is 4.87. The van der Waals surface area contributed by atoms with Gasteiger partial charge in [0.2, 0.25) is 10.0 Å². The van der Waals surface area contributed by atoms with E-state index in [1.165, 1.54) is 19.2 Å². The van der Waals surface area contributed by atoms with Crippen molar-refractivity contribution in [1.29, 1.82) is 0 Å². The predicted molar refractivity (Wildman–Crippen MR) is 79.1 cm³/mol. The van der Waals surface area contributed by atoms with E-state index in [-0.39, 0.29) is 10.9 Å². The molecule has 1 aromatic carbocycles. The summed E-state index contributed by atoms with van der Waals surface area (Å²) in [5.74, 6) is 0.496. The number of hydrogen-bond acceptors (Lipinski definition) is 5. The molecule has 0 fully saturated rings. The van der Waals surface area contributed by atoms with Gasteiger partial charge >= 0.3 is 0 Å². The van der Waals surface area contributed by atoms with Gasteiger partial charge in [0.15, 0.2) is 0 Å². The molecule has 19 heavy (non-hydrogen) atoms. The van der Waals surface area contributed by atoms with E-state index in [9.17, 15) is 12.6 Å². The van der Waals surface area contributed by atoms with Crippen molar-refractivity contribution in [3.05, 3.63) is 18.2 Å². The molecule has 1 rings (SSSR count). The lowest BCUT2D eigenvalue weighted by atomic mass is 10.2. The summed E-state index contributed by atoms with van der Waals surface area (Å²) >= 11 is 0. The zero-order chi connectivity index (χ0) is 14.6. The molecule has 0 aliphatic rings. The molecular formula is C11H19N3O3S2.